The van der Waals surface area contributed by atoms with E-state index in [1.54, 1.807) is 4.90 Å². The van der Waals surface area contributed by atoms with E-state index in [1.807, 2.05) is 6.92 Å². The third-order valence-electron chi connectivity index (χ3n) is 2.82. The number of nitrogens with zero attached hydrogens (tertiary/aromatic N) is 1. The number of amides is 1. The zero-order valence-corrected chi connectivity index (χ0v) is 12.4. The predicted octanol–water partition coefficient (Wildman–Crippen LogP) is 2.44. The van der Waals surface area contributed by atoms with E-state index >= 15 is 0 Å². The normalized spacial score (nSPS) is 19.3. The number of benzene rings is 1. The largest absolute Gasteiger partial charge is 0.336 e. The van der Waals surface area contributed by atoms with Gasteiger partial charge in [-0.25, -0.2) is 4.39 Å². The smallest absolute Gasteiger partial charge is 0.253 e. The average molecular weight is 338 g/mol. The summed E-state index contributed by atoms with van der Waals surface area (Å²) in [5.41, 5.74) is 0.521. The third-order valence-corrected chi connectivity index (χ3v) is 3.43. The van der Waals surface area contributed by atoms with Crippen LogP contribution in [0, 0.1) is 5.82 Å². The van der Waals surface area contributed by atoms with E-state index in [0.29, 0.717) is 29.2 Å². The quantitative estimate of drug-likeness (QED) is 0.854. The first-order valence-corrected chi connectivity index (χ1v) is 6.35. The molecule has 0 radical (unpaired) electrons. The summed E-state index contributed by atoms with van der Waals surface area (Å²) in [6, 6.07) is 4.67. The highest BCUT2D eigenvalue weighted by molar-refractivity contribution is 9.10. The zero-order chi connectivity index (χ0) is 12.4. The molecule has 1 N–H and O–H groups in total. The maximum absolute atomic E-state index is 13.1. The average Bonchev–Trinajstić information content (AvgIpc) is 2.32. The standard InChI is InChI=1S/C12H14BrFN2O.ClH/c1-8-7-16(5-4-15-8)12(17)9-2-3-11(14)10(13)6-9;/h2-3,6,8,15H,4-5,7H2,1H3;1H/t8-;/m1./s1. The molecule has 0 bridgehead atoms. The van der Waals surface area contributed by atoms with Crippen LogP contribution in [0.4, 0.5) is 4.39 Å². The summed E-state index contributed by atoms with van der Waals surface area (Å²) in [5, 5.41) is 3.28. The van der Waals surface area contributed by atoms with Gasteiger partial charge in [0, 0.05) is 31.2 Å². The molecule has 1 heterocycles. The number of piperazine rings is 1. The van der Waals surface area contributed by atoms with Crippen LogP contribution in [0.25, 0.3) is 0 Å². The number of rotatable bonds is 1. The second kappa shape index (κ2) is 6.50. The van der Waals surface area contributed by atoms with Crippen molar-refractivity contribution < 1.29 is 9.18 Å². The molecule has 100 valence electrons. The Labute approximate surface area is 120 Å². The van der Waals surface area contributed by atoms with Crippen LogP contribution in [0.2, 0.25) is 0 Å². The van der Waals surface area contributed by atoms with Gasteiger partial charge in [0.15, 0.2) is 0 Å². The second-order valence-electron chi connectivity index (χ2n) is 4.24. The van der Waals surface area contributed by atoms with Crippen molar-refractivity contribution in [2.24, 2.45) is 0 Å². The van der Waals surface area contributed by atoms with Crippen molar-refractivity contribution in [2.75, 3.05) is 19.6 Å². The van der Waals surface area contributed by atoms with Crippen LogP contribution in [-0.4, -0.2) is 36.5 Å². The van der Waals surface area contributed by atoms with Gasteiger partial charge in [0.2, 0.25) is 0 Å². The lowest BCUT2D eigenvalue weighted by Gasteiger charge is -2.32. The minimum absolute atomic E-state index is 0. The van der Waals surface area contributed by atoms with E-state index in [-0.39, 0.29) is 24.1 Å². The first-order valence-electron chi connectivity index (χ1n) is 5.55. The number of carbonyl (C=O) groups excluding carboxylic acids is 1. The molecule has 0 unspecified atom stereocenters. The lowest BCUT2D eigenvalue weighted by atomic mass is 10.1. The Morgan fingerprint density at radius 2 is 2.28 bits per heavy atom. The molecule has 3 nitrogen and oxygen atoms in total. The van der Waals surface area contributed by atoms with Crippen molar-refractivity contribution in [3.8, 4) is 0 Å². The van der Waals surface area contributed by atoms with Gasteiger partial charge >= 0.3 is 0 Å². The maximum Gasteiger partial charge on any atom is 0.253 e. The molecule has 1 fully saturated rings. The van der Waals surface area contributed by atoms with Crippen LogP contribution in [0.1, 0.15) is 17.3 Å². The molecule has 1 aromatic carbocycles. The van der Waals surface area contributed by atoms with Crippen molar-refractivity contribution in [1.82, 2.24) is 10.2 Å². The van der Waals surface area contributed by atoms with Crippen molar-refractivity contribution >= 4 is 34.2 Å². The highest BCUT2D eigenvalue weighted by Crippen LogP contribution is 2.18. The topological polar surface area (TPSA) is 32.3 Å². The summed E-state index contributed by atoms with van der Waals surface area (Å²) in [5.74, 6) is -0.394. The Morgan fingerprint density at radius 3 is 2.89 bits per heavy atom. The number of hydrogen-bond acceptors (Lipinski definition) is 2. The van der Waals surface area contributed by atoms with E-state index in [0.717, 1.165) is 6.54 Å². The van der Waals surface area contributed by atoms with Crippen molar-refractivity contribution in [3.63, 3.8) is 0 Å². The summed E-state index contributed by atoms with van der Waals surface area (Å²) < 4.78 is 13.4. The number of halogens is 3. The maximum atomic E-state index is 13.1. The Balaban J connectivity index is 0.00000162. The molecule has 18 heavy (non-hydrogen) atoms. The zero-order valence-electron chi connectivity index (χ0n) is 9.95. The summed E-state index contributed by atoms with van der Waals surface area (Å²) >= 11 is 3.09. The minimum Gasteiger partial charge on any atom is -0.336 e. The van der Waals surface area contributed by atoms with Gasteiger partial charge in [-0.15, -0.1) is 12.4 Å². The molecule has 0 saturated carbocycles. The highest BCUT2D eigenvalue weighted by atomic mass is 79.9. The van der Waals surface area contributed by atoms with Gasteiger partial charge in [-0.05, 0) is 41.1 Å². The van der Waals surface area contributed by atoms with Crippen molar-refractivity contribution in [2.45, 2.75) is 13.0 Å². The fourth-order valence-electron chi connectivity index (χ4n) is 1.93. The lowest BCUT2D eigenvalue weighted by molar-refractivity contribution is 0.0709. The highest BCUT2D eigenvalue weighted by Gasteiger charge is 2.21. The molecule has 1 aliphatic rings. The molecule has 1 aromatic rings. The van der Waals surface area contributed by atoms with Gasteiger partial charge in [0.1, 0.15) is 5.82 Å². The molecule has 6 heteroatoms. The van der Waals surface area contributed by atoms with E-state index in [4.69, 9.17) is 0 Å². The fraction of sp³-hybridized carbons (Fsp3) is 0.417. The van der Waals surface area contributed by atoms with Gasteiger partial charge in [-0.2, -0.15) is 0 Å². The summed E-state index contributed by atoms with van der Waals surface area (Å²) in [6.07, 6.45) is 0. The summed E-state index contributed by atoms with van der Waals surface area (Å²) in [6.45, 7) is 4.22. The monoisotopic (exact) mass is 336 g/mol. The predicted molar refractivity (Wildman–Crippen MR) is 74.7 cm³/mol. The van der Waals surface area contributed by atoms with Crippen LogP contribution in [-0.2, 0) is 0 Å². The molecule has 1 saturated heterocycles. The van der Waals surface area contributed by atoms with E-state index in [2.05, 4.69) is 21.2 Å². The molecule has 0 aromatic heterocycles. The van der Waals surface area contributed by atoms with Gasteiger partial charge in [-0.1, -0.05) is 0 Å². The third kappa shape index (κ3) is 3.43. The van der Waals surface area contributed by atoms with Crippen LogP contribution in [0.15, 0.2) is 22.7 Å². The molecule has 0 spiro atoms. The van der Waals surface area contributed by atoms with Crippen LogP contribution in [0.5, 0.6) is 0 Å². The van der Waals surface area contributed by atoms with Gasteiger partial charge in [0.25, 0.3) is 5.91 Å². The Hall–Kier alpha value is -0.650. The van der Waals surface area contributed by atoms with Gasteiger partial charge < -0.3 is 10.2 Å². The van der Waals surface area contributed by atoms with E-state index in [9.17, 15) is 9.18 Å². The molecule has 1 aliphatic heterocycles. The summed E-state index contributed by atoms with van der Waals surface area (Å²) in [4.78, 5) is 14.0. The van der Waals surface area contributed by atoms with Crippen LogP contribution < -0.4 is 5.32 Å². The van der Waals surface area contributed by atoms with E-state index < -0.39 is 0 Å². The molecular formula is C12H15BrClFN2O. The molecule has 0 aliphatic carbocycles. The Bertz CT molecular complexity index is 444. The first-order chi connectivity index (χ1) is 8.08. The summed E-state index contributed by atoms with van der Waals surface area (Å²) in [7, 11) is 0. The van der Waals surface area contributed by atoms with Gasteiger partial charge in [-0.3, -0.25) is 4.79 Å². The fourth-order valence-corrected chi connectivity index (χ4v) is 2.31. The second-order valence-corrected chi connectivity index (χ2v) is 5.09. The van der Waals surface area contributed by atoms with Crippen LogP contribution in [0.3, 0.4) is 0 Å². The van der Waals surface area contributed by atoms with Gasteiger partial charge in [0.05, 0.1) is 4.47 Å². The van der Waals surface area contributed by atoms with E-state index in [1.165, 1.54) is 18.2 Å². The molecule has 1 atom stereocenters. The minimum atomic E-state index is -0.352. The number of hydrogen-bond donors (Lipinski definition) is 1. The molecule has 2 rings (SSSR count). The molecular weight excluding hydrogens is 322 g/mol. The Kier molecular flexibility index (Phi) is 5.56. The number of nitrogens with one attached hydrogen (secondary N) is 1. The number of carbonyl (C=O) groups is 1. The van der Waals surface area contributed by atoms with Crippen molar-refractivity contribution in [3.05, 3.63) is 34.1 Å². The Morgan fingerprint density at radius 1 is 1.56 bits per heavy atom. The molecule has 1 amide bonds. The SMILES string of the molecule is C[C@@H]1CN(C(=O)c2ccc(F)c(Br)c2)CCN1.Cl. The van der Waals surface area contributed by atoms with Crippen molar-refractivity contribution in [1.29, 1.82) is 0 Å². The first kappa shape index (κ1) is 15.4. The lowest BCUT2D eigenvalue weighted by Crippen LogP contribution is -2.51. The van der Waals surface area contributed by atoms with Crippen LogP contribution >= 0.6 is 28.3 Å².